The van der Waals surface area contributed by atoms with E-state index in [0.717, 1.165) is 22.9 Å². The number of hydrogen-bond acceptors (Lipinski definition) is 5. The fourth-order valence-electron chi connectivity index (χ4n) is 2.28. The van der Waals surface area contributed by atoms with Gasteiger partial charge in [0.1, 0.15) is 0 Å². The van der Waals surface area contributed by atoms with Crippen molar-refractivity contribution in [1.29, 1.82) is 0 Å². The number of carboxylic acids is 1. The van der Waals surface area contributed by atoms with Crippen LogP contribution in [0.5, 0.6) is 0 Å². The van der Waals surface area contributed by atoms with Crippen LogP contribution in [0.15, 0.2) is 60.7 Å². The van der Waals surface area contributed by atoms with E-state index in [1.807, 2.05) is 0 Å². The van der Waals surface area contributed by atoms with E-state index in [4.69, 9.17) is 9.84 Å². The molecule has 0 fully saturated rings. The van der Waals surface area contributed by atoms with Gasteiger partial charge in [0.15, 0.2) is 0 Å². The highest BCUT2D eigenvalue weighted by Gasteiger charge is 1.97. The lowest BCUT2D eigenvalue weighted by Crippen LogP contribution is -2.05. The van der Waals surface area contributed by atoms with Crippen LogP contribution in [0.3, 0.4) is 0 Å². The van der Waals surface area contributed by atoms with Crippen molar-refractivity contribution in [3.8, 4) is 0 Å². The van der Waals surface area contributed by atoms with E-state index in [-0.39, 0.29) is 32.6 Å². The van der Waals surface area contributed by atoms with Crippen LogP contribution in [0.1, 0.15) is 46.8 Å². The molecule has 0 aliphatic rings. The third-order valence-electron chi connectivity index (χ3n) is 3.58. The fraction of sp³-hybridized carbons (Fsp3) is 0.231. The number of anilines is 2. The second kappa shape index (κ2) is 17.4. The summed E-state index contributed by atoms with van der Waals surface area (Å²) in [4.78, 5) is 42.8. The minimum absolute atomic E-state index is 0. The minimum Gasteiger partial charge on any atom is -0.478 e. The zero-order valence-corrected chi connectivity index (χ0v) is 18.1. The van der Waals surface area contributed by atoms with Crippen molar-refractivity contribution < 1.29 is 29.0 Å². The Kier molecular flexibility index (Phi) is 16.3. The van der Waals surface area contributed by atoms with Gasteiger partial charge in [0.25, 0.3) is 0 Å². The van der Waals surface area contributed by atoms with Crippen LogP contribution < -0.4 is 10.6 Å². The van der Waals surface area contributed by atoms with Crippen LogP contribution >= 0.6 is 0 Å². The van der Waals surface area contributed by atoms with Gasteiger partial charge in [-0.05, 0) is 54.5 Å². The molecule has 0 saturated heterocycles. The van der Waals surface area contributed by atoms with Crippen LogP contribution in [0.2, 0.25) is 0 Å². The summed E-state index contributed by atoms with van der Waals surface area (Å²) in [7, 11) is 0. The molecular formula is C26H34N2O6. The van der Waals surface area contributed by atoms with E-state index < -0.39 is 5.97 Å². The maximum atomic E-state index is 11.1. The largest absolute Gasteiger partial charge is 0.478 e. The van der Waals surface area contributed by atoms with Crippen molar-refractivity contribution in [2.24, 2.45) is 0 Å². The Hall–Kier alpha value is -4.20. The van der Waals surface area contributed by atoms with Gasteiger partial charge in [-0.3, -0.25) is 9.59 Å². The number of nitrogens with one attached hydrogen (secondary N) is 2. The molecule has 0 aromatic heterocycles. The molecule has 0 atom stereocenters. The van der Waals surface area contributed by atoms with Crippen molar-refractivity contribution in [3.63, 3.8) is 0 Å². The third kappa shape index (κ3) is 14.7. The summed E-state index contributed by atoms with van der Waals surface area (Å²) in [6, 6.07) is 14.0. The molecule has 3 N–H and O–H groups in total. The Bertz CT molecular complexity index is 977. The van der Waals surface area contributed by atoms with E-state index in [9.17, 15) is 19.2 Å². The first-order valence-electron chi connectivity index (χ1n) is 9.70. The smallest absolute Gasteiger partial charge is 0.330 e. The summed E-state index contributed by atoms with van der Waals surface area (Å²) in [5.74, 6) is -1.59. The van der Waals surface area contributed by atoms with Crippen molar-refractivity contribution in [2.75, 3.05) is 17.2 Å². The average molecular weight is 471 g/mol. The van der Waals surface area contributed by atoms with Crippen molar-refractivity contribution in [3.05, 3.63) is 71.8 Å². The molecule has 2 amide bonds. The number of rotatable bonds is 7. The van der Waals surface area contributed by atoms with Crippen molar-refractivity contribution in [1.82, 2.24) is 0 Å². The normalized spacial score (nSPS) is 9.62. The van der Waals surface area contributed by atoms with Gasteiger partial charge in [-0.1, -0.05) is 39.1 Å². The predicted octanol–water partition coefficient (Wildman–Crippen LogP) is 5.24. The number of aliphatic carboxylic acids is 1. The second-order valence-electron chi connectivity index (χ2n) is 6.36. The molecule has 0 saturated carbocycles. The van der Waals surface area contributed by atoms with E-state index in [1.165, 1.54) is 26.0 Å². The van der Waals surface area contributed by atoms with Gasteiger partial charge >= 0.3 is 11.9 Å². The number of carbonyl (C=O) groups excluding carboxylic acids is 3. The van der Waals surface area contributed by atoms with Crippen LogP contribution in [-0.4, -0.2) is 35.5 Å². The summed E-state index contributed by atoms with van der Waals surface area (Å²) in [6.45, 7) is 5.01. The Morgan fingerprint density at radius 1 is 0.765 bits per heavy atom. The van der Waals surface area contributed by atoms with E-state index in [1.54, 1.807) is 61.5 Å². The first-order valence-corrected chi connectivity index (χ1v) is 9.70. The van der Waals surface area contributed by atoms with E-state index in [2.05, 4.69) is 10.6 Å². The Balaban J connectivity index is 0. The molecule has 0 aliphatic heterocycles. The number of carboxylic acid groups (broad SMARTS) is 1. The standard InChI is InChI=1S/C13H15NO3.C11H11NO3.2CH4/c1-3-17-13(16)9-6-11-4-7-12(8-5-11)14-10(2)15;1-8(13)12-10-5-2-9(3-6-10)4-7-11(14)15;;/h4-9H,3H2,1-2H3,(H,14,15);2-7H,1H3,(H,12,13)(H,14,15);2*1H4/b9-6+;7-4+;;. The van der Waals surface area contributed by atoms with E-state index in [0.29, 0.717) is 12.3 Å². The van der Waals surface area contributed by atoms with E-state index >= 15 is 0 Å². The molecular weight excluding hydrogens is 436 g/mol. The minimum atomic E-state index is -0.985. The van der Waals surface area contributed by atoms with Gasteiger partial charge < -0.3 is 20.5 Å². The number of benzene rings is 2. The Morgan fingerprint density at radius 2 is 1.15 bits per heavy atom. The molecule has 0 heterocycles. The lowest BCUT2D eigenvalue weighted by atomic mass is 10.2. The van der Waals surface area contributed by atoms with Crippen LogP contribution in [0, 0.1) is 0 Å². The number of carbonyl (C=O) groups is 4. The van der Waals surface area contributed by atoms with Crippen molar-refractivity contribution in [2.45, 2.75) is 35.6 Å². The highest BCUT2D eigenvalue weighted by molar-refractivity contribution is 5.90. The summed E-state index contributed by atoms with van der Waals surface area (Å²) >= 11 is 0. The van der Waals surface area contributed by atoms with Gasteiger partial charge in [0.2, 0.25) is 11.8 Å². The Morgan fingerprint density at radius 3 is 1.47 bits per heavy atom. The molecule has 8 nitrogen and oxygen atoms in total. The maximum Gasteiger partial charge on any atom is 0.330 e. The highest BCUT2D eigenvalue weighted by Crippen LogP contribution is 2.11. The Labute approximate surface area is 201 Å². The molecule has 0 bridgehead atoms. The number of hydrogen-bond donors (Lipinski definition) is 3. The lowest BCUT2D eigenvalue weighted by molar-refractivity contribution is -0.137. The monoisotopic (exact) mass is 470 g/mol. The molecule has 0 radical (unpaired) electrons. The number of ether oxygens (including phenoxy) is 1. The van der Waals surface area contributed by atoms with Gasteiger partial charge in [0.05, 0.1) is 6.61 Å². The van der Waals surface area contributed by atoms with Gasteiger partial charge in [-0.25, -0.2) is 9.59 Å². The third-order valence-corrected chi connectivity index (χ3v) is 3.58. The molecule has 34 heavy (non-hydrogen) atoms. The fourth-order valence-corrected chi connectivity index (χ4v) is 2.28. The maximum absolute atomic E-state index is 11.1. The molecule has 0 spiro atoms. The van der Waals surface area contributed by atoms with Gasteiger partial charge in [-0.2, -0.15) is 0 Å². The molecule has 184 valence electrons. The summed E-state index contributed by atoms with van der Waals surface area (Å²) < 4.78 is 4.76. The van der Waals surface area contributed by atoms with Crippen LogP contribution in [0.4, 0.5) is 11.4 Å². The predicted molar refractivity (Wildman–Crippen MR) is 137 cm³/mol. The second-order valence-corrected chi connectivity index (χ2v) is 6.36. The molecule has 0 aliphatic carbocycles. The zero-order valence-electron chi connectivity index (χ0n) is 18.1. The summed E-state index contributed by atoms with van der Waals surface area (Å²) in [6.07, 6.45) is 5.58. The SMILES string of the molecule is C.C.CC(=O)Nc1ccc(/C=C/C(=O)O)cc1.CCOC(=O)/C=C/c1ccc(NC(C)=O)cc1. The summed E-state index contributed by atoms with van der Waals surface area (Å²) in [5.41, 5.74) is 3.06. The van der Waals surface area contributed by atoms with Gasteiger partial charge in [0, 0.05) is 37.4 Å². The van der Waals surface area contributed by atoms with Crippen LogP contribution in [0.25, 0.3) is 12.2 Å². The zero-order chi connectivity index (χ0) is 23.9. The van der Waals surface area contributed by atoms with Crippen molar-refractivity contribution >= 4 is 47.3 Å². The quantitative estimate of drug-likeness (QED) is 0.376. The molecule has 8 heteroatoms. The lowest BCUT2D eigenvalue weighted by Gasteiger charge is -2.01. The average Bonchev–Trinajstić information content (AvgIpc) is 2.73. The molecule has 2 aromatic rings. The molecule has 0 unspecified atom stereocenters. The molecule has 2 aromatic carbocycles. The first kappa shape index (κ1) is 32.0. The number of amides is 2. The van der Waals surface area contributed by atoms with Crippen LogP contribution in [-0.2, 0) is 23.9 Å². The highest BCUT2D eigenvalue weighted by atomic mass is 16.5. The topological polar surface area (TPSA) is 122 Å². The van der Waals surface area contributed by atoms with Gasteiger partial charge in [-0.15, -0.1) is 0 Å². The number of esters is 1. The molecule has 2 rings (SSSR count). The summed E-state index contributed by atoms with van der Waals surface area (Å²) in [5, 5.41) is 13.7. The first-order chi connectivity index (χ1) is 15.2.